The lowest BCUT2D eigenvalue weighted by atomic mass is 9.86. The van der Waals surface area contributed by atoms with Crippen molar-refractivity contribution >= 4 is 11.7 Å². The van der Waals surface area contributed by atoms with E-state index in [1.807, 2.05) is 0 Å². The van der Waals surface area contributed by atoms with E-state index in [4.69, 9.17) is 0 Å². The van der Waals surface area contributed by atoms with Crippen LogP contribution < -0.4 is 5.32 Å². The van der Waals surface area contributed by atoms with Crippen LogP contribution in [0.2, 0.25) is 0 Å². The number of carbonyl (C=O) groups is 2. The minimum atomic E-state index is -0.0880. The van der Waals surface area contributed by atoms with E-state index in [0.29, 0.717) is 11.5 Å². The highest BCUT2D eigenvalue weighted by atomic mass is 16.2. The molecule has 1 amide bonds. The molecule has 1 spiro atoms. The Morgan fingerprint density at radius 3 is 2.53 bits per heavy atom. The molecular weight excluding hydrogens is 190 g/mol. The molecule has 0 aromatic rings. The quantitative estimate of drug-likeness (QED) is 0.720. The van der Waals surface area contributed by atoms with Crippen LogP contribution in [0.1, 0.15) is 51.9 Å². The van der Waals surface area contributed by atoms with Gasteiger partial charge in [-0.05, 0) is 31.6 Å². The second-order valence-corrected chi connectivity index (χ2v) is 5.13. The Morgan fingerprint density at radius 1 is 1.27 bits per heavy atom. The second kappa shape index (κ2) is 3.95. The lowest BCUT2D eigenvalue weighted by Crippen LogP contribution is -2.31. The summed E-state index contributed by atoms with van der Waals surface area (Å²) < 4.78 is 0. The van der Waals surface area contributed by atoms with Crippen LogP contribution in [0.25, 0.3) is 0 Å². The van der Waals surface area contributed by atoms with E-state index in [1.165, 1.54) is 39.0 Å². The molecule has 2 fully saturated rings. The van der Waals surface area contributed by atoms with Crippen molar-refractivity contribution in [1.82, 2.24) is 5.32 Å². The monoisotopic (exact) mass is 209 g/mol. The van der Waals surface area contributed by atoms with Crippen molar-refractivity contribution < 1.29 is 9.59 Å². The molecule has 15 heavy (non-hydrogen) atoms. The summed E-state index contributed by atoms with van der Waals surface area (Å²) in [6.45, 7) is 1.46. The third-order valence-electron chi connectivity index (χ3n) is 3.78. The zero-order chi connectivity index (χ0) is 10.9. The van der Waals surface area contributed by atoms with Crippen molar-refractivity contribution in [3.05, 3.63) is 0 Å². The van der Waals surface area contributed by atoms with Gasteiger partial charge in [0.2, 0.25) is 5.91 Å². The molecule has 2 aliphatic carbocycles. The first-order chi connectivity index (χ1) is 7.12. The summed E-state index contributed by atoms with van der Waals surface area (Å²) in [5.74, 6) is -0.138. The summed E-state index contributed by atoms with van der Waals surface area (Å²) in [5, 5.41) is 2.99. The molecule has 0 saturated heterocycles. The second-order valence-electron chi connectivity index (χ2n) is 5.13. The van der Waals surface area contributed by atoms with Crippen LogP contribution in [-0.2, 0) is 9.59 Å². The van der Waals surface area contributed by atoms with Gasteiger partial charge in [-0.15, -0.1) is 0 Å². The van der Waals surface area contributed by atoms with Gasteiger partial charge >= 0.3 is 0 Å². The van der Waals surface area contributed by atoms with Crippen LogP contribution in [0, 0.1) is 5.41 Å². The molecule has 0 aromatic carbocycles. The van der Waals surface area contributed by atoms with Crippen LogP contribution in [0.5, 0.6) is 0 Å². The van der Waals surface area contributed by atoms with Crippen molar-refractivity contribution in [1.29, 1.82) is 0 Å². The fourth-order valence-electron chi connectivity index (χ4n) is 2.83. The molecule has 0 heterocycles. The van der Waals surface area contributed by atoms with Crippen molar-refractivity contribution in [3.63, 3.8) is 0 Å². The number of nitrogens with one attached hydrogen (secondary N) is 1. The first kappa shape index (κ1) is 10.7. The third kappa shape index (κ3) is 2.39. The van der Waals surface area contributed by atoms with Gasteiger partial charge in [-0.1, -0.05) is 19.3 Å². The van der Waals surface area contributed by atoms with E-state index >= 15 is 0 Å². The molecule has 1 unspecified atom stereocenters. The van der Waals surface area contributed by atoms with E-state index < -0.39 is 0 Å². The molecule has 0 radical (unpaired) electrons. The lowest BCUT2D eigenvalue weighted by molar-refractivity contribution is -0.127. The van der Waals surface area contributed by atoms with Gasteiger partial charge in [0.05, 0.1) is 6.42 Å². The lowest BCUT2D eigenvalue weighted by Gasteiger charge is -2.22. The van der Waals surface area contributed by atoms with E-state index in [2.05, 4.69) is 5.32 Å². The highest BCUT2D eigenvalue weighted by Crippen LogP contribution is 2.56. The molecule has 84 valence electrons. The number of hydrogen-bond donors (Lipinski definition) is 1. The summed E-state index contributed by atoms with van der Waals surface area (Å²) in [6.07, 6.45) is 7.66. The maximum Gasteiger partial charge on any atom is 0.227 e. The first-order valence-corrected chi connectivity index (χ1v) is 5.91. The molecule has 2 aliphatic rings. The summed E-state index contributed by atoms with van der Waals surface area (Å²) in [7, 11) is 0. The largest absolute Gasteiger partial charge is 0.352 e. The van der Waals surface area contributed by atoms with Crippen LogP contribution in [-0.4, -0.2) is 17.7 Å². The number of carbonyl (C=O) groups excluding carboxylic acids is 2. The van der Waals surface area contributed by atoms with E-state index in [-0.39, 0.29) is 18.1 Å². The summed E-state index contributed by atoms with van der Waals surface area (Å²) >= 11 is 0. The maximum atomic E-state index is 11.4. The molecule has 1 N–H and O–H groups in total. The molecule has 3 heteroatoms. The molecule has 3 nitrogen and oxygen atoms in total. The Kier molecular flexibility index (Phi) is 2.81. The molecule has 0 bridgehead atoms. The van der Waals surface area contributed by atoms with E-state index in [9.17, 15) is 9.59 Å². The van der Waals surface area contributed by atoms with Crippen molar-refractivity contribution in [3.8, 4) is 0 Å². The van der Waals surface area contributed by atoms with Gasteiger partial charge in [-0.25, -0.2) is 0 Å². The number of ketones is 1. The zero-order valence-electron chi connectivity index (χ0n) is 9.34. The van der Waals surface area contributed by atoms with Crippen molar-refractivity contribution in [2.75, 3.05) is 0 Å². The Morgan fingerprint density at radius 2 is 1.93 bits per heavy atom. The Bertz CT molecular complexity index is 279. The normalized spacial score (nSPS) is 27.4. The van der Waals surface area contributed by atoms with Gasteiger partial charge in [0, 0.05) is 6.04 Å². The summed E-state index contributed by atoms with van der Waals surface area (Å²) in [6, 6.07) is 0.365. The Balaban J connectivity index is 1.78. The van der Waals surface area contributed by atoms with Crippen molar-refractivity contribution in [2.24, 2.45) is 5.41 Å². The van der Waals surface area contributed by atoms with Gasteiger partial charge in [0.15, 0.2) is 0 Å². The molecular formula is C12H19NO2. The average Bonchev–Trinajstić information content (AvgIpc) is 2.77. The fourth-order valence-corrected chi connectivity index (χ4v) is 2.83. The minimum Gasteiger partial charge on any atom is -0.352 e. The van der Waals surface area contributed by atoms with Gasteiger partial charge in [-0.3, -0.25) is 9.59 Å². The van der Waals surface area contributed by atoms with Crippen LogP contribution in [0.4, 0.5) is 0 Å². The van der Waals surface area contributed by atoms with Crippen LogP contribution in [0.15, 0.2) is 0 Å². The van der Waals surface area contributed by atoms with Crippen LogP contribution >= 0.6 is 0 Å². The van der Waals surface area contributed by atoms with Crippen LogP contribution in [0.3, 0.4) is 0 Å². The molecule has 2 saturated carbocycles. The van der Waals surface area contributed by atoms with E-state index in [1.54, 1.807) is 0 Å². The van der Waals surface area contributed by atoms with Gasteiger partial charge < -0.3 is 5.32 Å². The topological polar surface area (TPSA) is 46.2 Å². The summed E-state index contributed by atoms with van der Waals surface area (Å²) in [4.78, 5) is 22.2. The predicted molar refractivity (Wildman–Crippen MR) is 57.4 cm³/mol. The number of hydrogen-bond acceptors (Lipinski definition) is 2. The predicted octanol–water partition coefficient (Wildman–Crippen LogP) is 1.80. The number of rotatable bonds is 3. The number of Topliss-reactive ketones (excluding diaryl/α,β-unsaturated/α-hetero) is 1. The van der Waals surface area contributed by atoms with Gasteiger partial charge in [0.1, 0.15) is 5.78 Å². The zero-order valence-corrected chi connectivity index (χ0v) is 9.34. The van der Waals surface area contributed by atoms with Gasteiger partial charge in [0.25, 0.3) is 0 Å². The average molecular weight is 209 g/mol. The summed E-state index contributed by atoms with van der Waals surface area (Å²) in [5.41, 5.74) is 0.421. The van der Waals surface area contributed by atoms with Crippen molar-refractivity contribution in [2.45, 2.75) is 57.9 Å². The molecule has 2 rings (SSSR count). The SMILES string of the molecule is CC(=O)CC(=O)NC1CC12CCCCC2. The Labute approximate surface area is 90.6 Å². The maximum absolute atomic E-state index is 11.4. The fraction of sp³-hybridized carbons (Fsp3) is 0.833. The highest BCUT2D eigenvalue weighted by Gasteiger charge is 2.54. The smallest absolute Gasteiger partial charge is 0.227 e. The van der Waals surface area contributed by atoms with E-state index in [0.717, 1.165) is 6.42 Å². The molecule has 0 aliphatic heterocycles. The number of amides is 1. The first-order valence-electron chi connectivity index (χ1n) is 5.91. The standard InChI is InChI=1S/C12H19NO2/c1-9(14)7-11(15)13-10-8-12(10)5-3-2-4-6-12/h10H,2-8H2,1H3,(H,13,15). The molecule has 1 atom stereocenters. The molecule has 0 aromatic heterocycles. The minimum absolute atomic E-state index is 0.0482. The third-order valence-corrected chi connectivity index (χ3v) is 3.78. The highest BCUT2D eigenvalue weighted by molar-refractivity contribution is 5.97. The van der Waals surface area contributed by atoms with Gasteiger partial charge in [-0.2, -0.15) is 0 Å². The Hall–Kier alpha value is -0.860.